The number of hydrogen-bond donors (Lipinski definition) is 2. The van der Waals surface area contributed by atoms with Gasteiger partial charge >= 0.3 is 12.2 Å². The van der Waals surface area contributed by atoms with Crippen molar-refractivity contribution >= 4 is 58.2 Å². The summed E-state index contributed by atoms with van der Waals surface area (Å²) in [6.45, 7) is 3.30. The zero-order valence-electron chi connectivity index (χ0n) is 25.0. The molecule has 0 spiro atoms. The van der Waals surface area contributed by atoms with E-state index in [4.69, 9.17) is 14.7 Å². The summed E-state index contributed by atoms with van der Waals surface area (Å²) in [5.41, 5.74) is 0.0760. The fourth-order valence-electron chi connectivity index (χ4n) is 7.39. The molecule has 10 nitrogen and oxygen atoms in total. The van der Waals surface area contributed by atoms with Gasteiger partial charge in [0.2, 0.25) is 0 Å². The highest BCUT2D eigenvalue weighted by Gasteiger charge is 2.39. The normalized spacial score (nSPS) is 22.0. The molecule has 0 amide bonds. The number of hydrogen-bond acceptors (Lipinski definition) is 10. The van der Waals surface area contributed by atoms with Gasteiger partial charge in [-0.15, -0.1) is 11.3 Å². The number of aromatic nitrogens is 5. The lowest BCUT2D eigenvalue weighted by Crippen LogP contribution is -2.51. The van der Waals surface area contributed by atoms with E-state index in [1.54, 1.807) is 6.20 Å². The fourth-order valence-corrected chi connectivity index (χ4v) is 10.1. The number of piperazine rings is 1. The van der Waals surface area contributed by atoms with Crippen LogP contribution in [-0.4, -0.2) is 76.9 Å². The third kappa shape index (κ3) is 5.25. The second-order valence-electron chi connectivity index (χ2n) is 12.7. The van der Waals surface area contributed by atoms with Crippen LogP contribution in [0.5, 0.6) is 6.01 Å². The van der Waals surface area contributed by atoms with Gasteiger partial charge in [-0.1, -0.05) is 0 Å². The number of nitrogens with one attached hydrogen (secondary N) is 2. The number of fused-ring (bicyclic) bond motifs is 6. The van der Waals surface area contributed by atoms with E-state index < -0.39 is 21.6 Å². The maximum absolute atomic E-state index is 14.6. The smallest absolute Gasteiger partial charge is 0.417 e. The van der Waals surface area contributed by atoms with Crippen molar-refractivity contribution in [3.63, 3.8) is 0 Å². The molecule has 3 saturated heterocycles. The zero-order chi connectivity index (χ0) is 31.8. The van der Waals surface area contributed by atoms with Crippen molar-refractivity contribution in [2.45, 2.75) is 57.3 Å². The molecule has 2 atom stereocenters. The third-order valence-electron chi connectivity index (χ3n) is 9.62. The van der Waals surface area contributed by atoms with Gasteiger partial charge in [0.25, 0.3) is 0 Å². The molecule has 3 aliphatic rings. The number of nitrogens with zero attached hydrogens (tertiary/aromatic N) is 5. The lowest BCUT2D eigenvalue weighted by atomic mass is 9.94. The molecule has 0 aliphatic carbocycles. The first-order chi connectivity index (χ1) is 22.0. The Morgan fingerprint density at radius 3 is 2.59 bits per heavy atom. The van der Waals surface area contributed by atoms with E-state index in [2.05, 4.69) is 25.4 Å². The van der Waals surface area contributed by atoms with Crippen LogP contribution in [0.15, 0.2) is 24.5 Å². The SMILES string of the molecule is Cc1cc2[nH]ncc2c(-c2nccc3c2sc2nc(OCCC4CCS(=O)(=O)CC4)nc(N4CC5CCC(C4)N5)c23)c1C(F)(F)F. The number of sulfone groups is 1. The molecule has 46 heavy (non-hydrogen) atoms. The minimum atomic E-state index is -4.61. The predicted molar refractivity (Wildman–Crippen MR) is 171 cm³/mol. The van der Waals surface area contributed by atoms with Crippen LogP contribution in [0.1, 0.15) is 43.2 Å². The van der Waals surface area contributed by atoms with Crippen LogP contribution in [0, 0.1) is 12.8 Å². The molecule has 15 heteroatoms. The zero-order valence-corrected chi connectivity index (χ0v) is 26.7. The number of pyridine rings is 1. The summed E-state index contributed by atoms with van der Waals surface area (Å²) >= 11 is 1.29. The van der Waals surface area contributed by atoms with Crippen LogP contribution in [0.4, 0.5) is 19.0 Å². The van der Waals surface area contributed by atoms with E-state index >= 15 is 0 Å². The molecular formula is C31H32F3N7O3S2. The molecule has 0 saturated carbocycles. The van der Waals surface area contributed by atoms with Crippen molar-refractivity contribution < 1.29 is 26.3 Å². The topological polar surface area (TPSA) is 126 Å². The summed E-state index contributed by atoms with van der Waals surface area (Å²) in [6, 6.07) is 4.16. The van der Waals surface area contributed by atoms with Crippen molar-refractivity contribution in [1.82, 2.24) is 30.5 Å². The fraction of sp³-hybridized carbons (Fsp3) is 0.484. The highest BCUT2D eigenvalue weighted by molar-refractivity contribution is 7.91. The maximum Gasteiger partial charge on any atom is 0.417 e. The summed E-state index contributed by atoms with van der Waals surface area (Å²) < 4.78 is 74.3. The number of thiophene rings is 1. The second-order valence-corrected chi connectivity index (χ2v) is 16.0. The summed E-state index contributed by atoms with van der Waals surface area (Å²) in [5, 5.41) is 12.4. The van der Waals surface area contributed by atoms with Gasteiger partial charge in [-0.25, -0.2) is 8.42 Å². The van der Waals surface area contributed by atoms with Gasteiger partial charge in [0.15, 0.2) is 0 Å². The largest absolute Gasteiger partial charge is 0.463 e. The molecule has 2 N–H and O–H groups in total. The maximum atomic E-state index is 14.6. The Kier molecular flexibility index (Phi) is 7.14. The molecule has 3 aliphatic heterocycles. The number of aryl methyl sites for hydroxylation is 1. The average molecular weight is 672 g/mol. The quantitative estimate of drug-likeness (QED) is 0.236. The summed E-state index contributed by atoms with van der Waals surface area (Å²) in [7, 11) is -2.95. The van der Waals surface area contributed by atoms with Gasteiger partial charge in [0, 0.05) is 47.7 Å². The van der Waals surface area contributed by atoms with Gasteiger partial charge in [-0.3, -0.25) is 10.1 Å². The molecule has 3 fully saturated rings. The molecule has 5 aromatic rings. The highest BCUT2D eigenvalue weighted by atomic mass is 32.2. The first kappa shape index (κ1) is 29.8. The van der Waals surface area contributed by atoms with Crippen molar-refractivity contribution in [3.05, 3.63) is 35.7 Å². The number of ether oxygens (including phenoxy) is 1. The number of halogens is 3. The Hall–Kier alpha value is -3.56. The monoisotopic (exact) mass is 671 g/mol. The first-order valence-electron chi connectivity index (χ1n) is 15.5. The molecule has 2 unspecified atom stereocenters. The van der Waals surface area contributed by atoms with Crippen LogP contribution in [-0.2, 0) is 16.0 Å². The van der Waals surface area contributed by atoms with E-state index in [-0.39, 0.29) is 40.3 Å². The van der Waals surface area contributed by atoms with Crippen molar-refractivity contribution in [3.8, 4) is 17.3 Å². The van der Waals surface area contributed by atoms with Gasteiger partial charge in [0.05, 0.1) is 51.2 Å². The molecule has 8 rings (SSSR count). The van der Waals surface area contributed by atoms with E-state index in [0.29, 0.717) is 64.2 Å². The predicted octanol–water partition coefficient (Wildman–Crippen LogP) is 5.64. The summed E-state index contributed by atoms with van der Waals surface area (Å²) in [6.07, 6.45) is 2.44. The number of benzene rings is 1. The van der Waals surface area contributed by atoms with E-state index in [9.17, 15) is 21.6 Å². The lowest BCUT2D eigenvalue weighted by Gasteiger charge is -2.34. The van der Waals surface area contributed by atoms with Crippen LogP contribution in [0.25, 0.3) is 42.5 Å². The number of alkyl halides is 3. The Morgan fingerprint density at radius 2 is 1.85 bits per heavy atom. The standard InChI is InChI=1S/C31H32F3N7O3S2/c1-16-12-22-21(13-36-40-22)23(25(16)31(32,33)34)26-27-20(4-8-35-26)24-28(41-14-18-2-3-19(15-41)37-18)38-30(39-29(24)45-27)44-9-5-17-6-10-46(42,43)11-7-17/h4,8,12-13,17-19,37H,2-3,5-7,9-11,14-15H2,1H3,(H,36,40). The first-order valence-corrected chi connectivity index (χ1v) is 18.2. The molecule has 4 aromatic heterocycles. The van der Waals surface area contributed by atoms with Crippen LogP contribution in [0.2, 0.25) is 0 Å². The number of H-pyrrole nitrogens is 1. The molecule has 1 aromatic carbocycles. The van der Waals surface area contributed by atoms with E-state index in [1.165, 1.54) is 30.5 Å². The molecule has 0 radical (unpaired) electrons. The van der Waals surface area contributed by atoms with Gasteiger partial charge in [-0.05, 0) is 62.6 Å². The van der Waals surface area contributed by atoms with E-state index in [1.807, 2.05) is 6.07 Å². The Labute approximate surface area is 266 Å². The summed E-state index contributed by atoms with van der Waals surface area (Å²) in [5.74, 6) is 1.37. The average Bonchev–Trinajstić information content (AvgIpc) is 3.72. The van der Waals surface area contributed by atoms with Gasteiger partial charge in [0.1, 0.15) is 20.5 Å². The summed E-state index contributed by atoms with van der Waals surface area (Å²) in [4.78, 5) is 17.1. The van der Waals surface area contributed by atoms with Crippen LogP contribution >= 0.6 is 11.3 Å². The van der Waals surface area contributed by atoms with Crippen molar-refractivity contribution in [2.24, 2.45) is 5.92 Å². The van der Waals surface area contributed by atoms with Crippen molar-refractivity contribution in [1.29, 1.82) is 0 Å². The van der Waals surface area contributed by atoms with Gasteiger partial charge < -0.3 is 15.0 Å². The van der Waals surface area contributed by atoms with Crippen LogP contribution < -0.4 is 15.0 Å². The number of rotatable bonds is 6. The number of aromatic amines is 1. The highest BCUT2D eigenvalue weighted by Crippen LogP contribution is 2.48. The van der Waals surface area contributed by atoms with E-state index in [0.717, 1.165) is 36.7 Å². The Balaban J connectivity index is 1.25. The minimum Gasteiger partial charge on any atom is -0.463 e. The molecule has 242 valence electrons. The lowest BCUT2D eigenvalue weighted by molar-refractivity contribution is -0.137. The van der Waals surface area contributed by atoms with Crippen LogP contribution in [0.3, 0.4) is 0 Å². The molecule has 2 bridgehead atoms. The van der Waals surface area contributed by atoms with Gasteiger partial charge in [-0.2, -0.15) is 28.2 Å². The Morgan fingerprint density at radius 1 is 1.09 bits per heavy atom. The Bertz CT molecular complexity index is 2070. The molecule has 7 heterocycles. The third-order valence-corrected chi connectivity index (χ3v) is 12.4. The number of anilines is 1. The second kappa shape index (κ2) is 11.0. The van der Waals surface area contributed by atoms with Crippen molar-refractivity contribution in [2.75, 3.05) is 36.1 Å². The molecular weight excluding hydrogens is 640 g/mol. The minimum absolute atomic E-state index is 0.00546.